The molecule has 0 unspecified atom stereocenters. The molecule has 0 radical (unpaired) electrons. The number of amides is 3. The van der Waals surface area contributed by atoms with Crippen molar-refractivity contribution < 1.29 is 9.59 Å². The quantitative estimate of drug-likeness (QED) is 0.730. The van der Waals surface area contributed by atoms with Gasteiger partial charge in [0.15, 0.2) is 0 Å². The number of nitrogens with one attached hydrogen (secondary N) is 1. The van der Waals surface area contributed by atoms with E-state index in [1.54, 1.807) is 29.0 Å². The Hall–Kier alpha value is -3.26. The Labute approximate surface area is 173 Å². The fourth-order valence-corrected chi connectivity index (χ4v) is 2.72. The van der Waals surface area contributed by atoms with Gasteiger partial charge in [0.05, 0.1) is 6.54 Å². The summed E-state index contributed by atoms with van der Waals surface area (Å²) >= 11 is 0. The second-order valence-corrected chi connectivity index (χ2v) is 7.41. The Morgan fingerprint density at radius 1 is 1.03 bits per heavy atom. The molecule has 2 aromatic rings. The molecule has 0 aromatic heterocycles. The van der Waals surface area contributed by atoms with Crippen LogP contribution in [0.5, 0.6) is 0 Å². The topological polar surface area (TPSA) is 52.7 Å². The second-order valence-electron chi connectivity index (χ2n) is 7.41. The van der Waals surface area contributed by atoms with Gasteiger partial charge in [0, 0.05) is 31.7 Å². The number of hydrogen-bond donors (Lipinski definition) is 1. The highest BCUT2D eigenvalue weighted by Gasteiger charge is 2.15. The van der Waals surface area contributed by atoms with Crippen molar-refractivity contribution in [2.45, 2.75) is 39.9 Å². The molecule has 1 N–H and O–H groups in total. The van der Waals surface area contributed by atoms with Crippen LogP contribution in [0.25, 0.3) is 0 Å². The highest BCUT2D eigenvalue weighted by atomic mass is 16.2. The van der Waals surface area contributed by atoms with E-state index in [-0.39, 0.29) is 24.5 Å². The molecule has 152 valence electrons. The van der Waals surface area contributed by atoms with Crippen molar-refractivity contribution in [2.24, 2.45) is 0 Å². The van der Waals surface area contributed by atoms with Gasteiger partial charge in [-0.15, -0.1) is 6.42 Å². The van der Waals surface area contributed by atoms with Crippen molar-refractivity contribution in [3.8, 4) is 12.3 Å². The standard InChI is InChI=1S/C24H29N3O2/c1-6-15-27(17-21-9-7-19(4)8-10-21)24(29)25-16-20-11-13-22(14-12-20)23(28)26(5)18(2)3/h1,7-14,18H,15-17H2,2-5H3,(H,25,29). The number of carbonyl (C=O) groups excluding carboxylic acids is 2. The molecule has 0 bridgehead atoms. The summed E-state index contributed by atoms with van der Waals surface area (Å²) in [7, 11) is 1.79. The Morgan fingerprint density at radius 2 is 1.62 bits per heavy atom. The maximum Gasteiger partial charge on any atom is 0.318 e. The first-order valence-corrected chi connectivity index (χ1v) is 9.69. The molecular formula is C24H29N3O2. The number of hydrogen-bond acceptors (Lipinski definition) is 2. The lowest BCUT2D eigenvalue weighted by molar-refractivity contribution is 0.0755. The van der Waals surface area contributed by atoms with Crippen LogP contribution >= 0.6 is 0 Å². The minimum Gasteiger partial charge on any atom is -0.339 e. The van der Waals surface area contributed by atoms with Crippen LogP contribution < -0.4 is 5.32 Å². The van der Waals surface area contributed by atoms with Crippen molar-refractivity contribution in [3.63, 3.8) is 0 Å². The minimum atomic E-state index is -0.219. The lowest BCUT2D eigenvalue weighted by Gasteiger charge is -2.22. The van der Waals surface area contributed by atoms with Crippen LogP contribution in [-0.4, -0.2) is 41.4 Å². The fraction of sp³-hybridized carbons (Fsp3) is 0.333. The lowest BCUT2D eigenvalue weighted by atomic mass is 10.1. The van der Waals surface area contributed by atoms with Crippen molar-refractivity contribution in [3.05, 3.63) is 70.8 Å². The molecule has 3 amide bonds. The Balaban J connectivity index is 1.96. The summed E-state index contributed by atoms with van der Waals surface area (Å²) in [6.07, 6.45) is 5.44. The molecule has 2 aromatic carbocycles. The summed E-state index contributed by atoms with van der Waals surface area (Å²) in [4.78, 5) is 28.2. The molecule has 0 fully saturated rings. The zero-order valence-corrected chi connectivity index (χ0v) is 17.6. The Kier molecular flexibility index (Phi) is 7.85. The van der Waals surface area contributed by atoms with E-state index in [4.69, 9.17) is 6.42 Å². The SMILES string of the molecule is C#CCN(Cc1ccc(C)cc1)C(=O)NCc1ccc(C(=O)N(C)C(C)C)cc1. The predicted octanol–water partition coefficient (Wildman–Crippen LogP) is 3.82. The summed E-state index contributed by atoms with van der Waals surface area (Å²) in [5.74, 6) is 2.52. The third-order valence-electron chi connectivity index (χ3n) is 4.80. The normalized spacial score (nSPS) is 10.3. The predicted molar refractivity (Wildman–Crippen MR) is 116 cm³/mol. The van der Waals surface area contributed by atoms with Gasteiger partial charge in [0.1, 0.15) is 0 Å². The third-order valence-corrected chi connectivity index (χ3v) is 4.80. The number of urea groups is 1. The molecule has 0 heterocycles. The summed E-state index contributed by atoms with van der Waals surface area (Å²) in [6, 6.07) is 15.2. The maximum absolute atomic E-state index is 12.6. The van der Waals surface area contributed by atoms with E-state index in [9.17, 15) is 9.59 Å². The average molecular weight is 392 g/mol. The van der Waals surface area contributed by atoms with E-state index in [2.05, 4.69) is 11.2 Å². The monoisotopic (exact) mass is 391 g/mol. The molecule has 0 spiro atoms. The molecular weight excluding hydrogens is 362 g/mol. The van der Waals surface area contributed by atoms with Gasteiger partial charge < -0.3 is 15.1 Å². The minimum absolute atomic E-state index is 0.0196. The van der Waals surface area contributed by atoms with Gasteiger partial charge in [0.2, 0.25) is 0 Å². The van der Waals surface area contributed by atoms with Crippen LogP contribution in [0.1, 0.15) is 40.9 Å². The van der Waals surface area contributed by atoms with Crippen molar-refractivity contribution >= 4 is 11.9 Å². The van der Waals surface area contributed by atoms with Gasteiger partial charge in [-0.25, -0.2) is 4.79 Å². The summed E-state index contributed by atoms with van der Waals surface area (Å²) < 4.78 is 0. The largest absolute Gasteiger partial charge is 0.339 e. The molecule has 0 aliphatic rings. The van der Waals surface area contributed by atoms with Crippen molar-refractivity contribution in [1.29, 1.82) is 0 Å². The molecule has 29 heavy (non-hydrogen) atoms. The molecule has 5 heteroatoms. The number of aryl methyl sites for hydroxylation is 1. The molecule has 2 rings (SSSR count). The summed E-state index contributed by atoms with van der Waals surface area (Å²) in [6.45, 7) is 7.01. The zero-order valence-electron chi connectivity index (χ0n) is 17.6. The molecule has 0 saturated heterocycles. The first kappa shape index (κ1) is 22.0. The highest BCUT2D eigenvalue weighted by molar-refractivity contribution is 5.94. The van der Waals surface area contributed by atoms with Crippen LogP contribution in [0.2, 0.25) is 0 Å². The van der Waals surface area contributed by atoms with Gasteiger partial charge in [-0.05, 0) is 44.0 Å². The first-order valence-electron chi connectivity index (χ1n) is 9.69. The molecule has 5 nitrogen and oxygen atoms in total. The lowest BCUT2D eigenvalue weighted by Crippen LogP contribution is -2.39. The molecule has 0 aliphatic heterocycles. The molecule has 0 atom stereocenters. The number of nitrogens with zero attached hydrogens (tertiary/aromatic N) is 2. The van der Waals surface area contributed by atoms with Gasteiger partial charge in [0.25, 0.3) is 5.91 Å². The van der Waals surface area contributed by atoms with Gasteiger partial charge in [-0.3, -0.25) is 4.79 Å². The van der Waals surface area contributed by atoms with Gasteiger partial charge >= 0.3 is 6.03 Å². The molecule has 0 saturated carbocycles. The van der Waals surface area contributed by atoms with Crippen LogP contribution in [0.3, 0.4) is 0 Å². The van der Waals surface area contributed by atoms with E-state index >= 15 is 0 Å². The fourth-order valence-electron chi connectivity index (χ4n) is 2.72. The van der Waals surface area contributed by atoms with Crippen LogP contribution in [0.15, 0.2) is 48.5 Å². The number of benzene rings is 2. The second kappa shape index (κ2) is 10.3. The number of carbonyl (C=O) groups is 2. The summed E-state index contributed by atoms with van der Waals surface area (Å²) in [5.41, 5.74) is 3.74. The molecule has 0 aliphatic carbocycles. The maximum atomic E-state index is 12.6. The van der Waals surface area contributed by atoms with E-state index in [1.165, 1.54) is 5.56 Å². The smallest absolute Gasteiger partial charge is 0.318 e. The highest BCUT2D eigenvalue weighted by Crippen LogP contribution is 2.10. The van der Waals surface area contributed by atoms with E-state index in [1.807, 2.05) is 57.2 Å². The Bertz CT molecular complexity index is 864. The first-order chi connectivity index (χ1) is 13.8. The number of terminal acetylenes is 1. The van der Waals surface area contributed by atoms with Crippen LogP contribution in [-0.2, 0) is 13.1 Å². The van der Waals surface area contributed by atoms with Crippen LogP contribution in [0, 0.1) is 19.3 Å². The summed E-state index contributed by atoms with van der Waals surface area (Å²) in [5, 5.41) is 2.90. The third kappa shape index (κ3) is 6.39. The van der Waals surface area contributed by atoms with E-state index < -0.39 is 0 Å². The van der Waals surface area contributed by atoms with Crippen molar-refractivity contribution in [1.82, 2.24) is 15.1 Å². The van der Waals surface area contributed by atoms with Gasteiger partial charge in [-0.2, -0.15) is 0 Å². The van der Waals surface area contributed by atoms with Gasteiger partial charge in [-0.1, -0.05) is 47.9 Å². The van der Waals surface area contributed by atoms with Crippen molar-refractivity contribution in [2.75, 3.05) is 13.6 Å². The Morgan fingerprint density at radius 3 is 2.17 bits per heavy atom. The average Bonchev–Trinajstić information content (AvgIpc) is 2.72. The van der Waals surface area contributed by atoms with E-state index in [0.717, 1.165) is 11.1 Å². The number of rotatable bonds is 7. The van der Waals surface area contributed by atoms with Crippen LogP contribution in [0.4, 0.5) is 4.79 Å². The zero-order chi connectivity index (χ0) is 21.4. The van der Waals surface area contributed by atoms with E-state index in [0.29, 0.717) is 18.7 Å².